The van der Waals surface area contributed by atoms with Crippen molar-refractivity contribution >= 4 is 25.5 Å². The third-order valence-corrected chi connectivity index (χ3v) is 10.1. The fourth-order valence-corrected chi connectivity index (χ4v) is 7.23. The normalized spacial score (nSPS) is 29.2. The summed E-state index contributed by atoms with van der Waals surface area (Å²) in [7, 11) is -5.56. The van der Waals surface area contributed by atoms with Crippen LogP contribution in [-0.2, 0) is 45.8 Å². The number of hydrogen-bond acceptors (Lipinski definition) is 18. The molecule has 10 N–H and O–H groups in total. The van der Waals surface area contributed by atoms with Gasteiger partial charge in [0.2, 0.25) is 5.91 Å². The van der Waals surface area contributed by atoms with Crippen molar-refractivity contribution in [3.63, 3.8) is 0 Å². The number of phosphoric ester groups is 1. The molecule has 24 heteroatoms. The predicted octanol–water partition coefficient (Wildman–Crippen LogP) is -2.57. The van der Waals surface area contributed by atoms with Crippen molar-refractivity contribution in [3.8, 4) is 0 Å². The van der Waals surface area contributed by atoms with Crippen LogP contribution in [-0.4, -0.2) is 151 Å². The van der Waals surface area contributed by atoms with E-state index in [-0.39, 0.29) is 5.82 Å². The van der Waals surface area contributed by atoms with Crippen molar-refractivity contribution in [1.82, 2.24) is 34.8 Å². The van der Waals surface area contributed by atoms with Gasteiger partial charge in [-0.25, -0.2) is 23.4 Å². The monoisotopic (exact) mass is 806 g/mol. The van der Waals surface area contributed by atoms with Crippen LogP contribution in [0.5, 0.6) is 0 Å². The first-order chi connectivity index (χ1) is 25.9. The molecule has 0 aliphatic carbocycles. The number of ether oxygens (including phenoxy) is 2. The number of amides is 1. The summed E-state index contributed by atoms with van der Waals surface area (Å²) in [6.45, 7) is 6.01. The number of aromatic nitrogens is 5. The number of carbonyl (C=O) groups excluding carboxylic acids is 1. The molecule has 0 saturated carbocycles. The Morgan fingerprint density at radius 2 is 1.85 bits per heavy atom. The number of hydrogen-bond donors (Lipinski definition) is 9. The van der Waals surface area contributed by atoms with Crippen LogP contribution in [0.2, 0.25) is 0 Å². The van der Waals surface area contributed by atoms with E-state index in [4.69, 9.17) is 24.3 Å². The minimum Gasteiger partial charge on any atom is -0.477 e. The zero-order chi connectivity index (χ0) is 40.7. The van der Waals surface area contributed by atoms with Crippen LogP contribution in [0, 0.1) is 0 Å². The number of nitrogen functional groups attached to an aromatic ring is 1. The average molecular weight is 807 g/mol. The first-order valence-corrected chi connectivity index (χ1v) is 19.3. The second-order valence-electron chi connectivity index (χ2n) is 13.6. The predicted molar refractivity (Wildman–Crippen MR) is 186 cm³/mol. The third-order valence-electron chi connectivity index (χ3n) is 9.13. The number of nitrogens with one attached hydrogen (secondary N) is 1. The van der Waals surface area contributed by atoms with Gasteiger partial charge in [-0.15, -0.1) is 5.10 Å². The highest BCUT2D eigenvalue weighted by molar-refractivity contribution is 7.47. The van der Waals surface area contributed by atoms with Crippen molar-refractivity contribution in [2.24, 2.45) is 0 Å². The summed E-state index contributed by atoms with van der Waals surface area (Å²) < 4.78 is 36.2. The molecule has 2 aromatic heterocycles. The summed E-state index contributed by atoms with van der Waals surface area (Å²) >= 11 is 0. The van der Waals surface area contributed by atoms with Gasteiger partial charge in [-0.05, 0) is 32.0 Å². The molecule has 2 aromatic rings. The summed E-state index contributed by atoms with van der Waals surface area (Å²) in [5.74, 6) is -6.14. The smallest absolute Gasteiger partial charge is 0.475 e. The molecular weight excluding hydrogens is 755 g/mol. The Morgan fingerprint density at radius 3 is 2.45 bits per heavy atom. The Morgan fingerprint density at radius 1 is 1.18 bits per heavy atom. The molecule has 0 bridgehead atoms. The van der Waals surface area contributed by atoms with E-state index in [0.717, 1.165) is 56.5 Å². The number of carbonyl (C=O) groups is 2. The Kier molecular flexibility index (Phi) is 15.4. The van der Waals surface area contributed by atoms with Crippen molar-refractivity contribution < 1.29 is 68.2 Å². The molecular formula is C31H51N8O15P. The first-order valence-electron chi connectivity index (χ1n) is 17.8. The van der Waals surface area contributed by atoms with Crippen molar-refractivity contribution in [2.75, 3.05) is 25.4 Å². The summed E-state index contributed by atoms with van der Waals surface area (Å²) in [6.07, 6.45) is -8.79. The summed E-state index contributed by atoms with van der Waals surface area (Å²) in [5.41, 5.74) is 5.12. The zero-order valence-electron chi connectivity index (χ0n) is 30.6. The molecule has 2 saturated heterocycles. The largest absolute Gasteiger partial charge is 0.477 e. The van der Waals surface area contributed by atoms with Crippen LogP contribution < -0.4 is 16.7 Å². The minimum absolute atomic E-state index is 0.130. The van der Waals surface area contributed by atoms with E-state index in [1.165, 1.54) is 10.7 Å². The Labute approximate surface area is 315 Å². The molecule has 0 spiro atoms. The molecule has 4 rings (SSSR count). The van der Waals surface area contributed by atoms with Gasteiger partial charge in [0.15, 0.2) is 6.23 Å². The Bertz CT molecular complexity index is 1690. The van der Waals surface area contributed by atoms with Crippen LogP contribution >= 0.6 is 7.82 Å². The number of carboxylic acids is 1. The molecule has 2 fully saturated rings. The molecule has 1 unspecified atom stereocenters. The van der Waals surface area contributed by atoms with Gasteiger partial charge in [0.25, 0.3) is 5.79 Å². The van der Waals surface area contributed by atoms with Gasteiger partial charge in [0.05, 0.1) is 31.0 Å². The fraction of sp³-hybridized carbons (Fsp3) is 0.742. The van der Waals surface area contributed by atoms with Crippen LogP contribution in [0.4, 0.5) is 5.82 Å². The average Bonchev–Trinajstić information content (AvgIpc) is 3.67. The van der Waals surface area contributed by atoms with Gasteiger partial charge in [0, 0.05) is 32.3 Å². The standard InChI is InChI=1S/C31H51N8O15P/c1-4-6-9-37(10-7-5-2)13-18-14-38(36-35-18)15-20(42)24(43)27-23(33-17(3)40)19(41)12-31(53-27,29(46)47)54-55(49,50)51-16-21-25(44)26(45)28(52-21)39-11-8-22(32)34-30(39)48/h8,11,14,19-21,23-28,41-45H,4-7,9-10,12-13,15-16H2,1-3H3,(H,33,40)(H,46,47)(H,49,50)(H2,32,34,48)/t19-,20+,21+,23+,24+,25+,26+,27+,28+,31+/m0/s1. The molecule has 4 heterocycles. The van der Waals surface area contributed by atoms with Gasteiger partial charge in [-0.2, -0.15) is 4.98 Å². The molecule has 0 aromatic carbocycles. The SMILES string of the molecule is CCCCN(CCCC)Cc1cn(C[C@@H](O)[C@@H](O)[C@@H]2O[C@](OP(=O)(O)OC[C@H]3O[C@@H](n4ccc(N)nc4=O)[C@H](O)[C@@H]3O)(C(=O)O)C[C@H](O)[C@H]2NC(C)=O)nn1. The lowest BCUT2D eigenvalue weighted by Crippen LogP contribution is -2.67. The second kappa shape index (κ2) is 19.1. The maximum Gasteiger partial charge on any atom is 0.475 e. The van der Waals surface area contributed by atoms with Gasteiger partial charge in [0.1, 0.15) is 42.4 Å². The van der Waals surface area contributed by atoms with Crippen LogP contribution in [0.1, 0.15) is 64.8 Å². The molecule has 11 atom stereocenters. The number of unbranched alkanes of at least 4 members (excludes halogenated alkanes) is 2. The Hall–Kier alpha value is -3.45. The van der Waals surface area contributed by atoms with Gasteiger partial charge >= 0.3 is 19.5 Å². The molecule has 310 valence electrons. The maximum absolute atomic E-state index is 13.2. The highest BCUT2D eigenvalue weighted by atomic mass is 31.2. The van der Waals surface area contributed by atoms with E-state index in [1.807, 2.05) is 0 Å². The quantitative estimate of drug-likeness (QED) is 0.0621. The van der Waals surface area contributed by atoms with E-state index in [2.05, 4.69) is 39.4 Å². The molecule has 23 nitrogen and oxygen atoms in total. The molecule has 0 radical (unpaired) electrons. The molecule has 55 heavy (non-hydrogen) atoms. The highest BCUT2D eigenvalue weighted by Gasteiger charge is 2.59. The van der Waals surface area contributed by atoms with Gasteiger partial charge in [-0.3, -0.25) is 18.8 Å². The van der Waals surface area contributed by atoms with Gasteiger partial charge in [-0.1, -0.05) is 31.9 Å². The molecule has 2 aliphatic rings. The topological polar surface area (TPSA) is 337 Å². The van der Waals surface area contributed by atoms with Crippen LogP contribution in [0.25, 0.3) is 0 Å². The van der Waals surface area contributed by atoms with Crippen LogP contribution in [0.3, 0.4) is 0 Å². The lowest BCUT2D eigenvalue weighted by molar-refractivity contribution is -0.288. The van der Waals surface area contributed by atoms with Crippen molar-refractivity contribution in [1.29, 1.82) is 0 Å². The van der Waals surface area contributed by atoms with E-state index in [1.54, 1.807) is 6.20 Å². The molecule has 1 amide bonds. The lowest BCUT2D eigenvalue weighted by Gasteiger charge is -2.46. The number of nitrogens with zero attached hydrogens (tertiary/aromatic N) is 6. The molecule has 2 aliphatic heterocycles. The summed E-state index contributed by atoms with van der Waals surface area (Å²) in [5, 5.41) is 75.1. The summed E-state index contributed by atoms with van der Waals surface area (Å²) in [6, 6.07) is -0.337. The first kappa shape index (κ1) is 44.3. The number of rotatable bonds is 20. The van der Waals surface area contributed by atoms with E-state index >= 15 is 0 Å². The van der Waals surface area contributed by atoms with E-state index < -0.39 is 106 Å². The second-order valence-corrected chi connectivity index (χ2v) is 14.9. The van der Waals surface area contributed by atoms with Crippen LogP contribution in [0.15, 0.2) is 23.3 Å². The Balaban J connectivity index is 1.48. The summed E-state index contributed by atoms with van der Waals surface area (Å²) in [4.78, 5) is 53.3. The number of aliphatic carboxylic acids is 1. The third kappa shape index (κ3) is 11.3. The highest BCUT2D eigenvalue weighted by Crippen LogP contribution is 2.51. The number of aliphatic hydroxyl groups is 5. The number of carboxylic acid groups (broad SMARTS) is 1. The van der Waals surface area contributed by atoms with Crippen molar-refractivity contribution in [2.45, 2.75) is 127 Å². The number of nitrogens with two attached hydrogens (primary N) is 1. The van der Waals surface area contributed by atoms with Crippen molar-refractivity contribution in [3.05, 3.63) is 34.6 Å². The maximum atomic E-state index is 13.2. The number of aliphatic hydroxyl groups excluding tert-OH is 5. The van der Waals surface area contributed by atoms with E-state index in [9.17, 15) is 54.5 Å². The van der Waals surface area contributed by atoms with E-state index in [0.29, 0.717) is 12.2 Å². The zero-order valence-corrected chi connectivity index (χ0v) is 31.5. The fourth-order valence-electron chi connectivity index (χ4n) is 6.27. The minimum atomic E-state index is -5.56. The van der Waals surface area contributed by atoms with Gasteiger partial charge < -0.3 is 56.1 Å². The lowest BCUT2D eigenvalue weighted by atomic mass is 9.88. The number of phosphoric acid groups is 1. The number of anilines is 1.